The van der Waals surface area contributed by atoms with Gasteiger partial charge < -0.3 is 19.3 Å². The second kappa shape index (κ2) is 7.60. The van der Waals surface area contributed by atoms with Crippen LogP contribution in [0.1, 0.15) is 33.9 Å². The molecule has 2 aromatic carbocycles. The molecule has 1 aliphatic heterocycles. The Kier molecular flexibility index (Phi) is 5.24. The number of carbonyl (C=O) groups is 1. The molecular formula is C18H19N2O7+. The van der Waals surface area contributed by atoms with Gasteiger partial charge in [0.1, 0.15) is 0 Å². The van der Waals surface area contributed by atoms with Crippen molar-refractivity contribution in [3.8, 4) is 17.2 Å². The van der Waals surface area contributed by atoms with E-state index in [2.05, 4.69) is 5.48 Å². The Bertz CT molecular complexity index is 859. The smallest absolute Gasteiger partial charge is 0.349 e. The average Bonchev–Trinajstić information content (AvgIpc) is 3.08. The zero-order chi connectivity index (χ0) is 19.6. The molecule has 1 heterocycles. The van der Waals surface area contributed by atoms with Crippen molar-refractivity contribution in [2.75, 3.05) is 21.3 Å². The number of hydrogen-bond acceptors (Lipinski definition) is 7. The summed E-state index contributed by atoms with van der Waals surface area (Å²) in [4.78, 5) is 29.4. The fourth-order valence-corrected chi connectivity index (χ4v) is 2.88. The predicted molar refractivity (Wildman–Crippen MR) is 92.8 cm³/mol. The summed E-state index contributed by atoms with van der Waals surface area (Å²) in [6.07, 6.45) is -1.86. The number of nitrogens with one attached hydrogen (secondary N) is 1. The third kappa shape index (κ3) is 3.42. The molecule has 1 saturated heterocycles. The second-order valence-corrected chi connectivity index (χ2v) is 5.74. The monoisotopic (exact) mass is 375 g/mol. The van der Waals surface area contributed by atoms with Crippen molar-refractivity contribution >= 4 is 5.97 Å². The van der Waals surface area contributed by atoms with Crippen molar-refractivity contribution in [1.29, 1.82) is 0 Å². The molecule has 9 nitrogen and oxygen atoms in total. The van der Waals surface area contributed by atoms with E-state index >= 15 is 0 Å². The van der Waals surface area contributed by atoms with Gasteiger partial charge in [-0.3, -0.25) is 0 Å². The molecule has 0 radical (unpaired) electrons. The van der Waals surface area contributed by atoms with E-state index in [-0.39, 0.29) is 5.56 Å². The maximum atomic E-state index is 12.8. The fraction of sp³-hybridized carbons (Fsp3) is 0.278. The molecule has 1 fully saturated rings. The van der Waals surface area contributed by atoms with Gasteiger partial charge in [0.2, 0.25) is 5.75 Å². The number of methoxy groups -OCH3 is 3. The lowest BCUT2D eigenvalue weighted by Gasteiger charge is -2.13. The van der Waals surface area contributed by atoms with E-state index in [0.29, 0.717) is 33.1 Å². The maximum Gasteiger partial charge on any atom is 0.349 e. The SMILES string of the molecule is COc1cc(C2ONC(c3cccc(C(=O)O)c3)[N+]2=O)cc(OC)c1OC. The Morgan fingerprint density at radius 1 is 1.07 bits per heavy atom. The molecule has 9 heteroatoms. The van der Waals surface area contributed by atoms with Crippen molar-refractivity contribution in [2.45, 2.75) is 12.4 Å². The first-order valence-corrected chi connectivity index (χ1v) is 8.00. The highest BCUT2D eigenvalue weighted by atomic mass is 16.7. The molecule has 3 rings (SSSR count). The number of carboxylic acid groups (broad SMARTS) is 1. The highest BCUT2D eigenvalue weighted by Gasteiger charge is 2.46. The summed E-state index contributed by atoms with van der Waals surface area (Å²) in [7, 11) is 4.44. The molecule has 27 heavy (non-hydrogen) atoms. The quantitative estimate of drug-likeness (QED) is 0.742. The van der Waals surface area contributed by atoms with Gasteiger partial charge in [0.15, 0.2) is 11.5 Å². The lowest BCUT2D eigenvalue weighted by atomic mass is 10.1. The van der Waals surface area contributed by atoms with Crippen LogP contribution >= 0.6 is 0 Å². The summed E-state index contributed by atoms with van der Waals surface area (Å²) in [6, 6.07) is 9.33. The highest BCUT2D eigenvalue weighted by molar-refractivity contribution is 5.87. The molecule has 1 aliphatic rings. The van der Waals surface area contributed by atoms with Gasteiger partial charge >= 0.3 is 18.4 Å². The zero-order valence-electron chi connectivity index (χ0n) is 15.0. The van der Waals surface area contributed by atoms with Crippen LogP contribution in [0.5, 0.6) is 17.2 Å². The minimum Gasteiger partial charge on any atom is -0.493 e. The summed E-state index contributed by atoms with van der Waals surface area (Å²) in [6.45, 7) is 0. The predicted octanol–water partition coefficient (Wildman–Crippen LogP) is 2.42. The molecule has 0 aliphatic carbocycles. The number of rotatable bonds is 6. The third-order valence-corrected chi connectivity index (χ3v) is 4.20. The van der Waals surface area contributed by atoms with Crippen LogP contribution in [-0.4, -0.2) is 37.2 Å². The van der Waals surface area contributed by atoms with Crippen molar-refractivity contribution < 1.29 is 33.7 Å². The minimum absolute atomic E-state index is 0.0823. The number of nitroso groups, excluding NO2 is 1. The van der Waals surface area contributed by atoms with Gasteiger partial charge in [0, 0.05) is 10.5 Å². The Balaban J connectivity index is 1.93. The van der Waals surface area contributed by atoms with Crippen LogP contribution in [0.25, 0.3) is 0 Å². The lowest BCUT2D eigenvalue weighted by Crippen LogP contribution is -2.18. The van der Waals surface area contributed by atoms with Crippen molar-refractivity contribution in [2.24, 2.45) is 0 Å². The fourth-order valence-electron chi connectivity index (χ4n) is 2.88. The Morgan fingerprint density at radius 3 is 2.30 bits per heavy atom. The van der Waals surface area contributed by atoms with Crippen LogP contribution in [-0.2, 0) is 4.84 Å². The van der Waals surface area contributed by atoms with E-state index < -0.39 is 18.4 Å². The van der Waals surface area contributed by atoms with E-state index in [1.165, 1.54) is 33.5 Å². The van der Waals surface area contributed by atoms with Gasteiger partial charge in [0.05, 0.1) is 37.2 Å². The van der Waals surface area contributed by atoms with Gasteiger partial charge in [0.25, 0.3) is 0 Å². The third-order valence-electron chi connectivity index (χ3n) is 4.20. The summed E-state index contributed by atoms with van der Waals surface area (Å²) >= 11 is 0. The maximum absolute atomic E-state index is 12.8. The topological polar surface area (TPSA) is 106 Å². The number of aromatic carboxylic acids is 1. The summed E-state index contributed by atoms with van der Waals surface area (Å²) in [5, 5.41) is 9.13. The number of nitrogens with zero attached hydrogens (tertiary/aromatic N) is 1. The van der Waals surface area contributed by atoms with Crippen LogP contribution < -0.4 is 19.7 Å². The Hall–Kier alpha value is -3.17. The van der Waals surface area contributed by atoms with E-state index in [1.807, 2.05) is 0 Å². The number of benzene rings is 2. The van der Waals surface area contributed by atoms with E-state index in [9.17, 15) is 9.70 Å². The van der Waals surface area contributed by atoms with Gasteiger partial charge in [-0.2, -0.15) is 0 Å². The first kappa shape index (κ1) is 18.6. The molecule has 142 valence electrons. The van der Waals surface area contributed by atoms with Crippen molar-refractivity contribution in [3.05, 3.63) is 58.0 Å². The van der Waals surface area contributed by atoms with E-state index in [0.717, 1.165) is 0 Å². The van der Waals surface area contributed by atoms with Crippen LogP contribution in [0.3, 0.4) is 0 Å². The molecule has 2 N–H and O–H groups in total. The Morgan fingerprint density at radius 2 is 1.74 bits per heavy atom. The molecule has 0 amide bonds. The number of ether oxygens (including phenoxy) is 3. The molecule has 2 aromatic rings. The first-order valence-electron chi connectivity index (χ1n) is 8.00. The second-order valence-electron chi connectivity index (χ2n) is 5.74. The summed E-state index contributed by atoms with van der Waals surface area (Å²) < 4.78 is 16.6. The van der Waals surface area contributed by atoms with Crippen LogP contribution in [0.2, 0.25) is 0 Å². The number of hydrogen-bond donors (Lipinski definition) is 2. The van der Waals surface area contributed by atoms with Crippen LogP contribution in [0.15, 0.2) is 36.4 Å². The van der Waals surface area contributed by atoms with Gasteiger partial charge in [-0.05, 0) is 24.3 Å². The Labute approximate surface area is 154 Å². The number of carboxylic acids is 1. The standard InChI is InChI=1S/C18H18N2O7/c1-24-13-8-12(9-14(25-2)15(13)26-3)17-20(23)16(19-27-17)10-5-4-6-11(7-10)18(21)22/h4-9,16-17,19H,1-3H3/p+1. The van der Waals surface area contributed by atoms with Crippen molar-refractivity contribution in [1.82, 2.24) is 5.48 Å². The molecule has 0 aromatic heterocycles. The van der Waals surface area contributed by atoms with Gasteiger partial charge in [-0.25, -0.2) is 9.63 Å². The molecule has 0 spiro atoms. The summed E-state index contributed by atoms with van der Waals surface area (Å²) in [5.74, 6) is 0.104. The first-order chi connectivity index (χ1) is 13.0. The number of hydroxylamine groups is 1. The lowest BCUT2D eigenvalue weighted by molar-refractivity contribution is -0.630. The van der Waals surface area contributed by atoms with Gasteiger partial charge in [-0.1, -0.05) is 12.1 Å². The van der Waals surface area contributed by atoms with E-state index in [4.69, 9.17) is 24.2 Å². The normalized spacial score (nSPS) is 19.0. The van der Waals surface area contributed by atoms with Crippen molar-refractivity contribution in [3.63, 3.8) is 0 Å². The molecule has 0 saturated carbocycles. The molecule has 2 unspecified atom stereocenters. The van der Waals surface area contributed by atoms with Gasteiger partial charge in [-0.15, -0.1) is 5.48 Å². The molecule has 0 bridgehead atoms. The molecular weight excluding hydrogens is 356 g/mol. The largest absolute Gasteiger partial charge is 0.493 e. The highest BCUT2D eigenvalue weighted by Crippen LogP contribution is 2.42. The van der Waals surface area contributed by atoms with Crippen LogP contribution in [0, 0.1) is 4.91 Å². The van der Waals surface area contributed by atoms with E-state index in [1.54, 1.807) is 24.3 Å². The molecule has 2 atom stereocenters. The zero-order valence-corrected chi connectivity index (χ0v) is 15.0. The summed E-state index contributed by atoms with van der Waals surface area (Å²) in [5.41, 5.74) is 3.69. The average molecular weight is 375 g/mol. The van der Waals surface area contributed by atoms with Crippen LogP contribution in [0.4, 0.5) is 0 Å². The minimum atomic E-state index is -1.07.